The average molecular weight is 626 g/mol. The van der Waals surface area contributed by atoms with E-state index in [1.807, 2.05) is 29.2 Å². The van der Waals surface area contributed by atoms with Crippen molar-refractivity contribution in [2.45, 2.75) is 89.1 Å². The summed E-state index contributed by atoms with van der Waals surface area (Å²) in [5.74, 6) is 0.911. The molecule has 5 N–H and O–H groups in total. The highest BCUT2D eigenvalue weighted by Gasteiger charge is 2.58. The van der Waals surface area contributed by atoms with Crippen LogP contribution in [0.3, 0.4) is 0 Å². The lowest BCUT2D eigenvalue weighted by Crippen LogP contribution is -2.60. The van der Waals surface area contributed by atoms with E-state index >= 15 is 0 Å². The number of fused-ring (bicyclic) bond motifs is 3. The number of nitrogens with two attached hydrogens (primary N) is 1. The summed E-state index contributed by atoms with van der Waals surface area (Å²) in [6.07, 6.45) is 6.20. The molecular weight excluding hydrogens is 574 g/mol. The highest BCUT2D eigenvalue weighted by Crippen LogP contribution is 2.56. The van der Waals surface area contributed by atoms with Gasteiger partial charge in [-0.1, -0.05) is 26.0 Å². The molecule has 11 heteroatoms. The van der Waals surface area contributed by atoms with Crippen LogP contribution in [0.4, 0.5) is 5.69 Å². The number of nitrogens with one attached hydrogen (secondary N) is 1. The van der Waals surface area contributed by atoms with Gasteiger partial charge in [-0.3, -0.25) is 14.5 Å². The van der Waals surface area contributed by atoms with E-state index in [0.29, 0.717) is 43.8 Å². The maximum absolute atomic E-state index is 13.7. The molecule has 0 spiro atoms. The molecule has 3 unspecified atom stereocenters. The lowest BCUT2D eigenvalue weighted by molar-refractivity contribution is -0.171. The fraction of sp³-hybridized carbons (Fsp3) is 0.735. The summed E-state index contributed by atoms with van der Waals surface area (Å²) in [7, 11) is 0. The zero-order chi connectivity index (χ0) is 32.2. The molecule has 4 aliphatic rings. The van der Waals surface area contributed by atoms with Crippen molar-refractivity contribution in [1.29, 1.82) is 5.26 Å². The van der Waals surface area contributed by atoms with Crippen LogP contribution in [-0.2, 0) is 25.6 Å². The number of hydrogen-bond donors (Lipinski definition) is 4. The number of rotatable bonds is 15. The minimum atomic E-state index is -0.676. The summed E-state index contributed by atoms with van der Waals surface area (Å²) >= 11 is 0. The molecule has 1 aromatic rings. The van der Waals surface area contributed by atoms with Crippen molar-refractivity contribution >= 4 is 17.6 Å². The number of piperidine rings is 1. The topological polar surface area (TPSA) is 161 Å². The standard InChI is InChI=1S/C34H51N5O6/c1-23-13-25-17-33(2,31(36)32(43)39-28(19-35)14-26-15-29(26)39)22-34(16-23,18-25)45-12-11-44-30(42)20-37-27-5-3-24(4-6-27)21-38(7-9-40)8-10-41/h3-6,23,25-26,28-29,31,37,40-41H,7-18,20-22,36H2,1-2H3/t23-,25?,26-,28+,29+,31-,33?,34?/m1/s1. The Morgan fingerprint density at radius 1 is 1.13 bits per heavy atom. The smallest absolute Gasteiger partial charge is 0.325 e. The third-order valence-corrected chi connectivity index (χ3v) is 10.5. The maximum Gasteiger partial charge on any atom is 0.325 e. The Labute approximate surface area is 267 Å². The second-order valence-electron chi connectivity index (χ2n) is 14.3. The molecule has 3 saturated carbocycles. The third-order valence-electron chi connectivity index (χ3n) is 10.5. The molecule has 1 aliphatic heterocycles. The normalized spacial score (nSPS) is 32.5. The number of nitrogens with zero attached hydrogens (tertiary/aromatic N) is 3. The number of nitriles is 1. The van der Waals surface area contributed by atoms with Gasteiger partial charge in [-0.05, 0) is 85.8 Å². The molecule has 248 valence electrons. The van der Waals surface area contributed by atoms with Gasteiger partial charge in [0.15, 0.2) is 0 Å². The van der Waals surface area contributed by atoms with E-state index in [4.69, 9.17) is 15.2 Å². The highest BCUT2D eigenvalue weighted by atomic mass is 16.6. The number of esters is 1. The molecule has 5 rings (SSSR count). The number of benzene rings is 1. The number of ether oxygens (including phenoxy) is 2. The molecule has 2 bridgehead atoms. The van der Waals surface area contributed by atoms with E-state index in [2.05, 4.69) is 25.2 Å². The molecule has 3 aliphatic carbocycles. The predicted octanol–water partition coefficient (Wildman–Crippen LogP) is 2.26. The van der Waals surface area contributed by atoms with Gasteiger partial charge in [0.1, 0.15) is 19.2 Å². The number of aliphatic hydroxyl groups is 2. The quantitative estimate of drug-likeness (QED) is 0.168. The first kappa shape index (κ1) is 33.6. The van der Waals surface area contributed by atoms with Gasteiger partial charge >= 0.3 is 5.97 Å². The van der Waals surface area contributed by atoms with E-state index in [1.54, 1.807) is 4.90 Å². The van der Waals surface area contributed by atoms with Gasteiger partial charge in [0, 0.05) is 31.4 Å². The van der Waals surface area contributed by atoms with E-state index in [9.17, 15) is 25.1 Å². The number of aliphatic hydroxyl groups excluding tert-OH is 2. The largest absolute Gasteiger partial charge is 0.462 e. The van der Waals surface area contributed by atoms with Gasteiger partial charge < -0.3 is 35.6 Å². The Morgan fingerprint density at radius 3 is 2.56 bits per heavy atom. The summed E-state index contributed by atoms with van der Waals surface area (Å²) < 4.78 is 12.1. The summed E-state index contributed by atoms with van der Waals surface area (Å²) in [5, 5.41) is 31.1. The first-order chi connectivity index (χ1) is 21.6. The van der Waals surface area contributed by atoms with Gasteiger partial charge in [0.05, 0.1) is 37.5 Å². The zero-order valence-electron chi connectivity index (χ0n) is 26.8. The van der Waals surface area contributed by atoms with Crippen LogP contribution in [-0.4, -0.2) is 102 Å². The van der Waals surface area contributed by atoms with Crippen molar-refractivity contribution in [2.75, 3.05) is 51.4 Å². The lowest BCUT2D eigenvalue weighted by atomic mass is 9.55. The first-order valence-corrected chi connectivity index (χ1v) is 16.6. The number of carbonyl (C=O) groups is 2. The minimum Gasteiger partial charge on any atom is -0.462 e. The van der Waals surface area contributed by atoms with Gasteiger partial charge in [-0.15, -0.1) is 0 Å². The molecule has 0 aromatic heterocycles. The number of carbonyl (C=O) groups excluding carboxylic acids is 2. The van der Waals surface area contributed by atoms with Crippen LogP contribution >= 0.6 is 0 Å². The molecule has 0 radical (unpaired) electrons. The first-order valence-electron chi connectivity index (χ1n) is 16.6. The fourth-order valence-electron chi connectivity index (χ4n) is 8.68. The van der Waals surface area contributed by atoms with Crippen molar-refractivity contribution in [3.8, 4) is 6.07 Å². The minimum absolute atomic E-state index is 0.0296. The number of hydrogen-bond acceptors (Lipinski definition) is 10. The lowest BCUT2D eigenvalue weighted by Gasteiger charge is -2.55. The zero-order valence-corrected chi connectivity index (χ0v) is 26.8. The highest BCUT2D eigenvalue weighted by molar-refractivity contribution is 5.84. The second kappa shape index (κ2) is 14.3. The van der Waals surface area contributed by atoms with Gasteiger partial charge in [0.25, 0.3) is 0 Å². The van der Waals surface area contributed by atoms with Crippen molar-refractivity contribution in [1.82, 2.24) is 9.80 Å². The van der Waals surface area contributed by atoms with Crippen LogP contribution in [0.15, 0.2) is 24.3 Å². The molecule has 1 amide bonds. The average Bonchev–Trinajstić information content (AvgIpc) is 3.66. The van der Waals surface area contributed by atoms with Crippen LogP contribution < -0.4 is 11.1 Å². The van der Waals surface area contributed by atoms with E-state index in [-0.39, 0.29) is 56.9 Å². The Morgan fingerprint density at radius 2 is 1.87 bits per heavy atom. The van der Waals surface area contributed by atoms with Crippen molar-refractivity contribution in [3.63, 3.8) is 0 Å². The fourth-order valence-corrected chi connectivity index (χ4v) is 8.68. The summed E-state index contributed by atoms with van der Waals surface area (Å²) in [6, 6.07) is 9.15. The van der Waals surface area contributed by atoms with Crippen molar-refractivity contribution in [2.24, 2.45) is 28.9 Å². The number of likely N-dealkylation sites (tertiary alicyclic amines) is 1. The second-order valence-corrected chi connectivity index (χ2v) is 14.3. The van der Waals surface area contributed by atoms with Gasteiger partial charge in [-0.25, -0.2) is 0 Å². The molecule has 11 nitrogen and oxygen atoms in total. The van der Waals surface area contributed by atoms with Gasteiger partial charge in [-0.2, -0.15) is 5.26 Å². The van der Waals surface area contributed by atoms with Crippen LogP contribution in [0.2, 0.25) is 0 Å². The molecule has 1 heterocycles. The molecule has 45 heavy (non-hydrogen) atoms. The Kier molecular flexibility index (Phi) is 10.7. The molecule has 8 atom stereocenters. The monoisotopic (exact) mass is 625 g/mol. The van der Waals surface area contributed by atoms with Crippen LogP contribution in [0.5, 0.6) is 0 Å². The van der Waals surface area contributed by atoms with Crippen LogP contribution in [0, 0.1) is 34.5 Å². The Balaban J connectivity index is 1.09. The van der Waals surface area contributed by atoms with Crippen LogP contribution in [0.1, 0.15) is 64.4 Å². The Hall–Kier alpha value is -2.75. The van der Waals surface area contributed by atoms with E-state index in [1.165, 1.54) is 0 Å². The number of anilines is 1. The predicted molar refractivity (Wildman–Crippen MR) is 169 cm³/mol. The van der Waals surface area contributed by atoms with Crippen molar-refractivity contribution in [3.05, 3.63) is 29.8 Å². The van der Waals surface area contributed by atoms with Crippen molar-refractivity contribution < 1.29 is 29.3 Å². The third kappa shape index (κ3) is 7.98. The SMILES string of the molecule is C[C@@H]1CC2CC(OCCOC(=O)CNc3ccc(CN(CCO)CCO)cc3)(C1)CC(C)([C@H](N)C(=O)N1[C@H](C#N)C[C@@H]3C[C@@H]31)C2. The Bertz CT molecular complexity index is 1210. The summed E-state index contributed by atoms with van der Waals surface area (Å²) in [6.45, 7) is 6.51. The molecule has 1 aromatic carbocycles. The van der Waals surface area contributed by atoms with Crippen LogP contribution in [0.25, 0.3) is 0 Å². The maximum atomic E-state index is 13.7. The van der Waals surface area contributed by atoms with Gasteiger partial charge in [0.2, 0.25) is 5.91 Å². The number of amides is 1. The molecule has 4 fully saturated rings. The molecular formula is C34H51N5O6. The summed E-state index contributed by atoms with van der Waals surface area (Å²) in [4.78, 5) is 29.9. The summed E-state index contributed by atoms with van der Waals surface area (Å²) in [5.41, 5.74) is 7.77. The molecule has 1 saturated heterocycles. The van der Waals surface area contributed by atoms with E-state index < -0.39 is 17.1 Å². The van der Waals surface area contributed by atoms with E-state index in [0.717, 1.165) is 49.8 Å².